The van der Waals surface area contributed by atoms with E-state index in [4.69, 9.17) is 30.5 Å². The summed E-state index contributed by atoms with van der Waals surface area (Å²) < 4.78 is 48.9. The largest absolute Gasteiger partial charge is 0.493 e. The van der Waals surface area contributed by atoms with Crippen LogP contribution < -0.4 is 19.5 Å². The van der Waals surface area contributed by atoms with E-state index in [0.717, 1.165) is 5.56 Å². The number of ether oxygens (including phenoxy) is 4. The molecule has 180 valence electrons. The molecule has 0 spiro atoms. The number of benzene rings is 2. The quantitative estimate of drug-likeness (QED) is 0.566. The van der Waals surface area contributed by atoms with Crippen molar-refractivity contribution in [2.75, 3.05) is 47.1 Å². The van der Waals surface area contributed by atoms with E-state index < -0.39 is 15.9 Å². The second-order valence-electron chi connectivity index (χ2n) is 7.30. The smallest absolute Gasteiger partial charge is 0.258 e. The summed E-state index contributed by atoms with van der Waals surface area (Å²) in [5, 5.41) is 3.08. The molecule has 11 heteroatoms. The highest BCUT2D eigenvalue weighted by Gasteiger charge is 2.30. The summed E-state index contributed by atoms with van der Waals surface area (Å²) in [6, 6.07) is 9.29. The Morgan fingerprint density at radius 1 is 1.09 bits per heavy atom. The average molecular weight is 499 g/mol. The van der Waals surface area contributed by atoms with Crippen LogP contribution in [0.4, 0.5) is 0 Å². The number of halogens is 1. The lowest BCUT2D eigenvalue weighted by molar-refractivity contribution is -0.123. The molecule has 2 aromatic rings. The lowest BCUT2D eigenvalue weighted by Crippen LogP contribution is -2.40. The molecule has 1 aliphatic rings. The fraction of sp³-hybridized carbons (Fsp3) is 0.409. The molecule has 0 bridgehead atoms. The number of nitrogens with zero attached hydrogens (tertiary/aromatic N) is 1. The summed E-state index contributed by atoms with van der Waals surface area (Å²) >= 11 is 6.05. The number of sulfonamides is 1. The van der Waals surface area contributed by atoms with Gasteiger partial charge < -0.3 is 24.3 Å². The Balaban J connectivity index is 1.69. The van der Waals surface area contributed by atoms with Crippen LogP contribution in [0.15, 0.2) is 41.3 Å². The summed E-state index contributed by atoms with van der Waals surface area (Å²) in [6.45, 7) is 2.54. The average Bonchev–Trinajstić information content (AvgIpc) is 2.83. The summed E-state index contributed by atoms with van der Waals surface area (Å²) in [5.41, 5.74) is 0.808. The van der Waals surface area contributed by atoms with Crippen molar-refractivity contribution in [1.82, 2.24) is 9.62 Å². The molecular formula is C22H27ClN2O7S. The van der Waals surface area contributed by atoms with Gasteiger partial charge in [-0.05, 0) is 42.8 Å². The Bertz CT molecular complexity index is 1090. The predicted octanol–water partition coefficient (Wildman–Crippen LogP) is 2.63. The molecule has 2 aromatic carbocycles. The monoisotopic (exact) mass is 498 g/mol. The van der Waals surface area contributed by atoms with Crippen LogP contribution in [0.25, 0.3) is 0 Å². The molecular weight excluding hydrogens is 472 g/mol. The van der Waals surface area contributed by atoms with Crippen LogP contribution in [0.1, 0.15) is 18.5 Å². The number of morpholine rings is 1. The topological polar surface area (TPSA) is 103 Å². The van der Waals surface area contributed by atoms with Crippen molar-refractivity contribution < 1.29 is 32.2 Å². The third kappa shape index (κ3) is 6.08. The van der Waals surface area contributed by atoms with E-state index in [1.165, 1.54) is 29.6 Å². The van der Waals surface area contributed by atoms with Crippen molar-refractivity contribution in [3.8, 4) is 17.2 Å². The van der Waals surface area contributed by atoms with Crippen LogP contribution >= 0.6 is 11.6 Å². The first-order chi connectivity index (χ1) is 15.8. The molecule has 0 radical (unpaired) electrons. The van der Waals surface area contributed by atoms with Gasteiger partial charge in [0.2, 0.25) is 10.0 Å². The highest BCUT2D eigenvalue weighted by Crippen LogP contribution is 2.31. The summed E-state index contributed by atoms with van der Waals surface area (Å²) in [5.74, 6) is 0.771. The Labute approximate surface area is 198 Å². The van der Waals surface area contributed by atoms with Gasteiger partial charge in [-0.1, -0.05) is 17.7 Å². The molecule has 1 aliphatic heterocycles. The second-order valence-corrected chi connectivity index (χ2v) is 9.64. The maximum absolute atomic E-state index is 13.1. The zero-order valence-corrected chi connectivity index (χ0v) is 20.2. The van der Waals surface area contributed by atoms with Gasteiger partial charge >= 0.3 is 0 Å². The lowest BCUT2D eigenvalue weighted by atomic mass is 10.1. The number of hydrogen-bond donors (Lipinski definition) is 1. The molecule has 1 N–H and O–H groups in total. The number of carbonyl (C=O) groups excluding carboxylic acids is 1. The zero-order chi connectivity index (χ0) is 24.0. The molecule has 0 aromatic heterocycles. The first-order valence-corrected chi connectivity index (χ1v) is 12.1. The van der Waals surface area contributed by atoms with E-state index in [0.29, 0.717) is 24.7 Å². The van der Waals surface area contributed by atoms with E-state index >= 15 is 0 Å². The van der Waals surface area contributed by atoms with Crippen LogP contribution in [0.5, 0.6) is 17.2 Å². The fourth-order valence-electron chi connectivity index (χ4n) is 3.36. The van der Waals surface area contributed by atoms with Crippen molar-refractivity contribution in [2.24, 2.45) is 0 Å². The number of methoxy groups -OCH3 is 2. The maximum Gasteiger partial charge on any atom is 0.258 e. The minimum absolute atomic E-state index is 0.0554. The number of hydrogen-bond acceptors (Lipinski definition) is 7. The highest BCUT2D eigenvalue weighted by molar-refractivity contribution is 7.89. The first-order valence-electron chi connectivity index (χ1n) is 10.3. The van der Waals surface area contributed by atoms with Crippen LogP contribution in [-0.2, 0) is 19.6 Å². The normalized spacial score (nSPS) is 15.5. The molecule has 1 amide bonds. The van der Waals surface area contributed by atoms with Crippen molar-refractivity contribution in [1.29, 1.82) is 0 Å². The Morgan fingerprint density at radius 3 is 2.42 bits per heavy atom. The van der Waals surface area contributed by atoms with Gasteiger partial charge in [-0.25, -0.2) is 8.42 Å². The van der Waals surface area contributed by atoms with Gasteiger partial charge in [0.25, 0.3) is 5.91 Å². The number of rotatable bonds is 9. The van der Waals surface area contributed by atoms with Gasteiger partial charge in [-0.3, -0.25) is 4.79 Å². The number of amides is 1. The van der Waals surface area contributed by atoms with E-state index in [1.54, 1.807) is 19.2 Å². The molecule has 33 heavy (non-hydrogen) atoms. The minimum atomic E-state index is -3.86. The van der Waals surface area contributed by atoms with E-state index in [9.17, 15) is 13.2 Å². The molecule has 0 aliphatic carbocycles. The van der Waals surface area contributed by atoms with Crippen LogP contribution in [-0.4, -0.2) is 65.8 Å². The van der Waals surface area contributed by atoms with Gasteiger partial charge in [-0.15, -0.1) is 0 Å². The highest BCUT2D eigenvalue weighted by atomic mass is 35.5. The minimum Gasteiger partial charge on any atom is -0.493 e. The number of nitrogens with one attached hydrogen (secondary N) is 1. The van der Waals surface area contributed by atoms with E-state index in [-0.39, 0.29) is 41.4 Å². The van der Waals surface area contributed by atoms with Gasteiger partial charge in [0.15, 0.2) is 18.1 Å². The number of carbonyl (C=O) groups is 1. The van der Waals surface area contributed by atoms with Crippen LogP contribution in [0.3, 0.4) is 0 Å². The second kappa shape index (κ2) is 11.1. The lowest BCUT2D eigenvalue weighted by Gasteiger charge is -2.27. The first kappa shape index (κ1) is 25.1. The Hall–Kier alpha value is -2.53. The zero-order valence-electron chi connectivity index (χ0n) is 18.7. The summed E-state index contributed by atoms with van der Waals surface area (Å²) in [7, 11) is -0.776. The molecule has 1 atom stereocenters. The molecule has 1 saturated heterocycles. The van der Waals surface area contributed by atoms with Gasteiger partial charge in [0.1, 0.15) is 10.6 Å². The molecule has 1 fully saturated rings. The van der Waals surface area contributed by atoms with Crippen molar-refractivity contribution >= 4 is 27.5 Å². The van der Waals surface area contributed by atoms with Crippen molar-refractivity contribution in [3.05, 3.63) is 47.0 Å². The molecule has 0 saturated carbocycles. The van der Waals surface area contributed by atoms with E-state index in [2.05, 4.69) is 5.32 Å². The van der Waals surface area contributed by atoms with Crippen LogP contribution in [0.2, 0.25) is 5.02 Å². The van der Waals surface area contributed by atoms with Crippen LogP contribution in [0, 0.1) is 0 Å². The maximum atomic E-state index is 13.1. The van der Waals surface area contributed by atoms with Gasteiger partial charge in [-0.2, -0.15) is 4.31 Å². The van der Waals surface area contributed by atoms with Gasteiger partial charge in [0, 0.05) is 18.1 Å². The molecule has 9 nitrogen and oxygen atoms in total. The standard InChI is InChI=1S/C22H27ClN2O7S/c1-15(16-4-6-18(29-2)20(12-16)30-3)24-22(26)14-32-19-7-5-17(23)13-21(19)33(27,28)25-8-10-31-11-9-25/h4-7,12-13,15H,8-11,14H2,1-3H3,(H,24,26)/t15-/m0/s1. The molecule has 0 unspecified atom stereocenters. The van der Waals surface area contributed by atoms with E-state index in [1.807, 2.05) is 13.0 Å². The predicted molar refractivity (Wildman–Crippen MR) is 123 cm³/mol. The SMILES string of the molecule is COc1ccc([C@H](C)NC(=O)COc2ccc(Cl)cc2S(=O)(=O)N2CCOCC2)cc1OC. The fourth-order valence-corrected chi connectivity index (χ4v) is 5.16. The Kier molecular flexibility index (Phi) is 8.41. The summed E-state index contributed by atoms with van der Waals surface area (Å²) in [6.07, 6.45) is 0. The van der Waals surface area contributed by atoms with Crippen molar-refractivity contribution in [2.45, 2.75) is 17.9 Å². The third-order valence-electron chi connectivity index (χ3n) is 5.14. The summed E-state index contributed by atoms with van der Waals surface area (Å²) in [4.78, 5) is 12.4. The van der Waals surface area contributed by atoms with Crippen molar-refractivity contribution in [3.63, 3.8) is 0 Å². The third-order valence-corrected chi connectivity index (χ3v) is 7.29. The Morgan fingerprint density at radius 2 is 1.76 bits per heavy atom. The van der Waals surface area contributed by atoms with Gasteiger partial charge in [0.05, 0.1) is 33.5 Å². The molecule has 1 heterocycles. The molecule has 3 rings (SSSR count).